The number of fused-ring (bicyclic) bond motifs is 2. The number of H-pyrrole nitrogens is 3. The number of aromatic nitrogens is 10. The molecule has 0 radical (unpaired) electrons. The summed E-state index contributed by atoms with van der Waals surface area (Å²) in [6.07, 6.45) is 0.358. The van der Waals surface area contributed by atoms with Gasteiger partial charge < -0.3 is 15.2 Å². The van der Waals surface area contributed by atoms with Gasteiger partial charge in [0.15, 0.2) is 16.7 Å². The van der Waals surface area contributed by atoms with Crippen LogP contribution in [-0.2, 0) is 29.4 Å². The van der Waals surface area contributed by atoms with Crippen molar-refractivity contribution < 1.29 is 13.2 Å². The molecule has 0 bridgehead atoms. The number of hydrogen-bond donors (Lipinski definition) is 4. The topological polar surface area (TPSA) is 207 Å². The molecule has 2 aliphatic heterocycles. The molecular weight excluding hydrogens is 630 g/mol. The van der Waals surface area contributed by atoms with Crippen LogP contribution in [0.2, 0.25) is 5.02 Å². The average Bonchev–Trinajstić information content (AvgIpc) is 3.81. The third-order valence-corrected chi connectivity index (χ3v) is 11.4. The van der Waals surface area contributed by atoms with Gasteiger partial charge in [-0.15, -0.1) is 21.5 Å². The standard InChI is InChI=1S/C25H28ClN13O3S2/c1-12-13(2)27-9-19-23(12)29-24(43-19)25(40)39-16(7-20-30-34-35-31-20)10-38(11-17(39)8-21-32-36-37-33-21)44(41,42)22-6-14-5-15(26)3-4-18(14)28-22/h3-6,12-13,16-17,27-28H,7-11H2,1-2H3,(H,30,31,34,35)(H,32,33,36,37). The summed E-state index contributed by atoms with van der Waals surface area (Å²) in [5.41, 5.74) is 1.55. The third kappa shape index (κ3) is 5.25. The van der Waals surface area contributed by atoms with Gasteiger partial charge in [0.1, 0.15) is 5.03 Å². The molecule has 1 amide bonds. The van der Waals surface area contributed by atoms with Crippen molar-refractivity contribution in [3.63, 3.8) is 0 Å². The Morgan fingerprint density at radius 3 is 2.36 bits per heavy atom. The summed E-state index contributed by atoms with van der Waals surface area (Å²) in [6.45, 7) is 4.81. The second-order valence-electron chi connectivity index (χ2n) is 11.1. The number of piperazine rings is 1. The Morgan fingerprint density at radius 1 is 1.05 bits per heavy atom. The smallest absolute Gasteiger partial charge is 0.283 e. The van der Waals surface area contributed by atoms with Gasteiger partial charge in [0.2, 0.25) is 0 Å². The van der Waals surface area contributed by atoms with Crippen LogP contribution >= 0.6 is 22.9 Å². The van der Waals surface area contributed by atoms with E-state index in [4.69, 9.17) is 16.6 Å². The number of thiazole rings is 1. The molecule has 4 atom stereocenters. The number of nitrogens with zero attached hydrogens (tertiary/aromatic N) is 9. The Bertz CT molecular complexity index is 1860. The predicted molar refractivity (Wildman–Crippen MR) is 158 cm³/mol. The summed E-state index contributed by atoms with van der Waals surface area (Å²) in [5.74, 6) is 0.670. The van der Waals surface area contributed by atoms with Crippen molar-refractivity contribution in [1.82, 2.24) is 65.7 Å². The van der Waals surface area contributed by atoms with E-state index in [1.807, 2.05) is 0 Å². The number of tetrazole rings is 2. The molecule has 0 saturated carbocycles. The fraction of sp³-hybridized carbons (Fsp3) is 0.440. The first kappa shape index (κ1) is 28.9. The summed E-state index contributed by atoms with van der Waals surface area (Å²) >= 11 is 7.51. The molecule has 4 N–H and O–H groups in total. The molecule has 19 heteroatoms. The van der Waals surface area contributed by atoms with E-state index in [9.17, 15) is 13.2 Å². The van der Waals surface area contributed by atoms with Crippen LogP contribution in [0.1, 0.15) is 51.8 Å². The molecule has 2 aliphatic rings. The molecule has 0 spiro atoms. The number of hydrogen-bond acceptors (Lipinski definition) is 12. The first-order valence-corrected chi connectivity index (χ1v) is 16.6. The maximum Gasteiger partial charge on any atom is 0.283 e. The second-order valence-corrected chi connectivity index (χ2v) is 14.5. The number of rotatable bonds is 7. The Morgan fingerprint density at radius 2 is 1.73 bits per heavy atom. The molecule has 4 aromatic heterocycles. The lowest BCUT2D eigenvalue weighted by Gasteiger charge is -2.45. The minimum atomic E-state index is -4.04. The van der Waals surface area contributed by atoms with E-state index >= 15 is 0 Å². The molecule has 5 aromatic rings. The molecule has 1 saturated heterocycles. The van der Waals surface area contributed by atoms with Crippen molar-refractivity contribution in [2.24, 2.45) is 0 Å². The summed E-state index contributed by atoms with van der Waals surface area (Å²) < 4.78 is 29.6. The largest absolute Gasteiger partial charge is 0.345 e. The van der Waals surface area contributed by atoms with Crippen molar-refractivity contribution in [1.29, 1.82) is 0 Å². The van der Waals surface area contributed by atoms with Crippen LogP contribution in [0.5, 0.6) is 0 Å². The van der Waals surface area contributed by atoms with Crippen LogP contribution < -0.4 is 5.32 Å². The molecule has 6 heterocycles. The second kappa shape index (κ2) is 11.3. The number of carbonyl (C=O) groups is 1. The summed E-state index contributed by atoms with van der Waals surface area (Å²) in [5, 5.41) is 33.3. The van der Waals surface area contributed by atoms with Crippen molar-refractivity contribution in [3.8, 4) is 0 Å². The molecule has 44 heavy (non-hydrogen) atoms. The van der Waals surface area contributed by atoms with E-state index in [-0.39, 0.29) is 48.8 Å². The normalized spacial score (nSPS) is 22.8. The zero-order chi connectivity index (χ0) is 30.6. The van der Waals surface area contributed by atoms with E-state index < -0.39 is 22.1 Å². The average molecular weight is 658 g/mol. The fourth-order valence-corrected chi connectivity index (χ4v) is 8.69. The Kier molecular flexibility index (Phi) is 7.40. The Hall–Kier alpha value is -3.84. The zero-order valence-corrected chi connectivity index (χ0v) is 26.0. The minimum absolute atomic E-state index is 0.00384. The van der Waals surface area contributed by atoms with Crippen LogP contribution in [-0.4, -0.2) is 106 Å². The van der Waals surface area contributed by atoms with Crippen molar-refractivity contribution in [2.75, 3.05) is 13.1 Å². The van der Waals surface area contributed by atoms with Crippen molar-refractivity contribution >= 4 is 49.8 Å². The third-order valence-electron chi connectivity index (χ3n) is 8.34. The summed E-state index contributed by atoms with van der Waals surface area (Å²) in [7, 11) is -4.04. The Balaban J connectivity index is 1.28. The highest BCUT2D eigenvalue weighted by Crippen LogP contribution is 2.34. The maximum absolute atomic E-state index is 14.4. The first-order chi connectivity index (χ1) is 21.2. The molecule has 4 unspecified atom stereocenters. The Labute approximate surface area is 260 Å². The van der Waals surface area contributed by atoms with Crippen LogP contribution in [0.15, 0.2) is 29.3 Å². The molecular formula is C25H28ClN13O3S2. The highest BCUT2D eigenvalue weighted by molar-refractivity contribution is 7.89. The van der Waals surface area contributed by atoms with Gasteiger partial charge in [-0.3, -0.25) is 4.79 Å². The molecule has 16 nitrogen and oxygen atoms in total. The van der Waals surface area contributed by atoms with Gasteiger partial charge >= 0.3 is 0 Å². The van der Waals surface area contributed by atoms with Crippen LogP contribution in [0, 0.1) is 0 Å². The van der Waals surface area contributed by atoms with Crippen molar-refractivity contribution in [2.45, 2.75) is 62.3 Å². The van der Waals surface area contributed by atoms with E-state index in [1.165, 1.54) is 15.6 Å². The van der Waals surface area contributed by atoms with E-state index in [0.29, 0.717) is 39.1 Å². The molecule has 7 rings (SSSR count). The SMILES string of the molecule is CC1NCc2sc(C(=O)N3C(Cc4nnn[nH]4)CN(S(=O)(=O)c4cc5cc(Cl)ccc5[nH]4)CC3Cc3nnn[nH]3)nc2C1C. The molecule has 1 aromatic carbocycles. The van der Waals surface area contributed by atoms with E-state index in [2.05, 4.69) is 65.4 Å². The van der Waals surface area contributed by atoms with Crippen LogP contribution in [0.4, 0.5) is 0 Å². The van der Waals surface area contributed by atoms with Gasteiger partial charge in [-0.1, -0.05) is 18.5 Å². The fourth-order valence-electron chi connectivity index (χ4n) is 5.92. The molecule has 1 fully saturated rings. The van der Waals surface area contributed by atoms with Gasteiger partial charge in [0, 0.05) is 65.2 Å². The minimum Gasteiger partial charge on any atom is -0.345 e. The van der Waals surface area contributed by atoms with Gasteiger partial charge in [0.05, 0.1) is 17.8 Å². The van der Waals surface area contributed by atoms with E-state index in [0.717, 1.165) is 10.6 Å². The van der Waals surface area contributed by atoms with Crippen LogP contribution in [0.3, 0.4) is 0 Å². The monoisotopic (exact) mass is 657 g/mol. The number of carbonyl (C=O) groups excluding carboxylic acids is 1. The number of aromatic amines is 3. The summed E-state index contributed by atoms with van der Waals surface area (Å²) in [6, 6.07) is 5.63. The van der Waals surface area contributed by atoms with E-state index in [1.54, 1.807) is 29.2 Å². The van der Waals surface area contributed by atoms with Gasteiger partial charge in [0.25, 0.3) is 15.9 Å². The highest BCUT2D eigenvalue weighted by Gasteiger charge is 2.44. The number of benzene rings is 1. The molecule has 230 valence electrons. The summed E-state index contributed by atoms with van der Waals surface area (Å²) in [4.78, 5) is 25.0. The van der Waals surface area contributed by atoms with Crippen LogP contribution in [0.25, 0.3) is 10.9 Å². The lowest BCUT2D eigenvalue weighted by Crippen LogP contribution is -2.63. The first-order valence-electron chi connectivity index (χ1n) is 14.0. The predicted octanol–water partition coefficient (Wildman–Crippen LogP) is 1.27. The number of sulfonamides is 1. The highest BCUT2D eigenvalue weighted by atomic mass is 35.5. The zero-order valence-electron chi connectivity index (χ0n) is 23.6. The lowest BCUT2D eigenvalue weighted by atomic mass is 9.95. The van der Waals surface area contributed by atoms with Gasteiger partial charge in [-0.05, 0) is 52.0 Å². The van der Waals surface area contributed by atoms with Gasteiger partial charge in [-0.25, -0.2) is 23.6 Å². The lowest BCUT2D eigenvalue weighted by molar-refractivity contribution is 0.0358. The van der Waals surface area contributed by atoms with Crippen molar-refractivity contribution in [3.05, 3.63) is 56.5 Å². The number of amides is 1. The number of nitrogens with one attached hydrogen (secondary N) is 4. The quantitative estimate of drug-likeness (QED) is 0.196. The van der Waals surface area contributed by atoms with Gasteiger partial charge in [-0.2, -0.15) is 4.31 Å². The molecule has 0 aliphatic carbocycles. The number of halogens is 1. The maximum atomic E-state index is 14.4.